The van der Waals surface area contributed by atoms with Gasteiger partial charge >= 0.3 is 0 Å². The third-order valence-corrected chi connectivity index (χ3v) is 5.79. The van der Waals surface area contributed by atoms with Gasteiger partial charge in [0, 0.05) is 24.7 Å². The maximum atomic E-state index is 12.9. The van der Waals surface area contributed by atoms with Crippen molar-refractivity contribution in [3.05, 3.63) is 18.1 Å². The lowest BCUT2D eigenvalue weighted by atomic mass is 9.76. The van der Waals surface area contributed by atoms with Crippen molar-refractivity contribution in [2.75, 3.05) is 13.1 Å². The van der Waals surface area contributed by atoms with E-state index in [4.69, 9.17) is 4.74 Å². The number of nitrogens with zero attached hydrogens (tertiary/aromatic N) is 3. The summed E-state index contributed by atoms with van der Waals surface area (Å²) in [4.78, 5) is 23.4. The highest BCUT2D eigenvalue weighted by Crippen LogP contribution is 2.34. The van der Waals surface area contributed by atoms with Crippen LogP contribution in [0.4, 0.5) is 0 Å². The van der Waals surface area contributed by atoms with Crippen LogP contribution in [0, 0.1) is 24.7 Å². The lowest BCUT2D eigenvalue weighted by Crippen LogP contribution is -2.47. The average Bonchev–Trinajstić information content (AvgIpc) is 2.61. The molecule has 1 aromatic heterocycles. The van der Waals surface area contributed by atoms with Gasteiger partial charge in [-0.3, -0.25) is 4.79 Å². The largest absolute Gasteiger partial charge is 0.472 e. The van der Waals surface area contributed by atoms with Crippen molar-refractivity contribution >= 4 is 5.91 Å². The lowest BCUT2D eigenvalue weighted by molar-refractivity contribution is -0.139. The van der Waals surface area contributed by atoms with Crippen LogP contribution in [-0.4, -0.2) is 40.0 Å². The first-order chi connectivity index (χ1) is 12.0. The summed E-state index contributed by atoms with van der Waals surface area (Å²) >= 11 is 0. The van der Waals surface area contributed by atoms with E-state index in [1.165, 1.54) is 12.8 Å². The zero-order valence-electron chi connectivity index (χ0n) is 15.8. The Kier molecular flexibility index (Phi) is 5.92. The molecule has 1 saturated heterocycles. The number of carbonyl (C=O) groups is 1. The van der Waals surface area contributed by atoms with Crippen LogP contribution in [0.15, 0.2) is 12.3 Å². The molecule has 2 heterocycles. The zero-order valence-corrected chi connectivity index (χ0v) is 15.8. The Morgan fingerprint density at radius 1 is 1.24 bits per heavy atom. The molecular formula is C20H31N3O2. The molecule has 25 heavy (non-hydrogen) atoms. The quantitative estimate of drug-likeness (QED) is 0.836. The Morgan fingerprint density at radius 2 is 2.00 bits per heavy atom. The maximum absolute atomic E-state index is 12.9. The number of aromatic nitrogens is 2. The minimum Gasteiger partial charge on any atom is -0.472 e. The minimum atomic E-state index is 0.0407. The summed E-state index contributed by atoms with van der Waals surface area (Å²) in [5.74, 6) is 3.42. The van der Waals surface area contributed by atoms with E-state index in [-0.39, 0.29) is 12.0 Å². The average molecular weight is 345 g/mol. The van der Waals surface area contributed by atoms with E-state index in [0.717, 1.165) is 44.1 Å². The third kappa shape index (κ3) is 4.71. The highest BCUT2D eigenvalue weighted by molar-refractivity contribution is 5.79. The second-order valence-electron chi connectivity index (χ2n) is 7.96. The molecule has 1 unspecified atom stereocenters. The molecule has 1 aliphatic heterocycles. The fraction of sp³-hybridized carbons (Fsp3) is 0.750. The van der Waals surface area contributed by atoms with Gasteiger partial charge in [0.1, 0.15) is 11.9 Å². The number of aryl methyl sites for hydroxylation is 1. The Morgan fingerprint density at radius 3 is 2.68 bits per heavy atom. The third-order valence-electron chi connectivity index (χ3n) is 5.79. The SMILES string of the molecule is Cc1nccc(OC2CCCN(C(=O)C3CCC(C(C)C)CC3)C2)n1. The van der Waals surface area contributed by atoms with E-state index >= 15 is 0 Å². The number of likely N-dealkylation sites (tertiary alicyclic amines) is 1. The van der Waals surface area contributed by atoms with Crippen molar-refractivity contribution in [3.63, 3.8) is 0 Å². The van der Waals surface area contributed by atoms with E-state index in [2.05, 4.69) is 23.8 Å². The molecule has 1 saturated carbocycles. The lowest BCUT2D eigenvalue weighted by Gasteiger charge is -2.37. The summed E-state index contributed by atoms with van der Waals surface area (Å²) in [7, 11) is 0. The molecule has 2 fully saturated rings. The van der Waals surface area contributed by atoms with E-state index in [9.17, 15) is 4.79 Å². The first-order valence-corrected chi connectivity index (χ1v) is 9.78. The van der Waals surface area contributed by atoms with Crippen molar-refractivity contribution in [2.45, 2.75) is 65.4 Å². The van der Waals surface area contributed by atoms with Gasteiger partial charge in [-0.15, -0.1) is 0 Å². The normalized spacial score (nSPS) is 27.4. The van der Waals surface area contributed by atoms with Gasteiger partial charge in [0.15, 0.2) is 0 Å². The van der Waals surface area contributed by atoms with Gasteiger partial charge in [-0.05, 0) is 57.3 Å². The number of hydrogen-bond donors (Lipinski definition) is 0. The topological polar surface area (TPSA) is 55.3 Å². The predicted molar refractivity (Wildman–Crippen MR) is 97.3 cm³/mol. The Hall–Kier alpha value is -1.65. The van der Waals surface area contributed by atoms with Crippen LogP contribution in [0.2, 0.25) is 0 Å². The molecule has 1 aliphatic carbocycles. The van der Waals surface area contributed by atoms with E-state index in [1.54, 1.807) is 12.3 Å². The summed E-state index contributed by atoms with van der Waals surface area (Å²) in [6, 6.07) is 1.79. The molecule has 5 nitrogen and oxygen atoms in total. The maximum Gasteiger partial charge on any atom is 0.225 e. The number of hydrogen-bond acceptors (Lipinski definition) is 4. The predicted octanol–water partition coefficient (Wildman–Crippen LogP) is 3.62. The fourth-order valence-corrected chi connectivity index (χ4v) is 4.20. The van der Waals surface area contributed by atoms with Crippen LogP contribution in [0.25, 0.3) is 0 Å². The van der Waals surface area contributed by atoms with Crippen LogP contribution in [-0.2, 0) is 4.79 Å². The van der Waals surface area contributed by atoms with Crippen LogP contribution in [0.1, 0.15) is 58.2 Å². The van der Waals surface area contributed by atoms with Gasteiger partial charge in [-0.25, -0.2) is 4.98 Å². The molecule has 0 radical (unpaired) electrons. The highest BCUT2D eigenvalue weighted by Gasteiger charge is 2.33. The number of piperidine rings is 1. The Balaban J connectivity index is 1.53. The number of carbonyl (C=O) groups excluding carboxylic acids is 1. The Labute approximate surface area is 151 Å². The zero-order chi connectivity index (χ0) is 17.8. The molecule has 2 aliphatic rings. The summed E-state index contributed by atoms with van der Waals surface area (Å²) in [6.07, 6.45) is 8.23. The second-order valence-corrected chi connectivity index (χ2v) is 7.96. The summed E-state index contributed by atoms with van der Waals surface area (Å²) < 4.78 is 6.01. The standard InChI is InChI=1S/C20H31N3O2/c1-14(2)16-6-8-17(9-7-16)20(24)23-12-4-5-18(13-23)25-19-10-11-21-15(3)22-19/h10-11,14,16-18H,4-9,12-13H2,1-3H3. The molecule has 0 bridgehead atoms. The molecular weight excluding hydrogens is 314 g/mol. The van der Waals surface area contributed by atoms with Gasteiger partial charge < -0.3 is 9.64 Å². The molecule has 0 spiro atoms. The van der Waals surface area contributed by atoms with Crippen LogP contribution >= 0.6 is 0 Å². The molecule has 0 N–H and O–H groups in total. The van der Waals surface area contributed by atoms with Gasteiger partial charge in [0.25, 0.3) is 0 Å². The molecule has 1 aromatic rings. The summed E-state index contributed by atoms with van der Waals surface area (Å²) in [6.45, 7) is 8.01. The van der Waals surface area contributed by atoms with Crippen molar-refractivity contribution < 1.29 is 9.53 Å². The summed E-state index contributed by atoms with van der Waals surface area (Å²) in [5, 5.41) is 0. The number of rotatable bonds is 4. The minimum absolute atomic E-state index is 0.0407. The van der Waals surface area contributed by atoms with Crippen molar-refractivity contribution in [3.8, 4) is 5.88 Å². The second kappa shape index (κ2) is 8.15. The molecule has 1 amide bonds. The molecule has 0 aromatic carbocycles. The van der Waals surface area contributed by atoms with Crippen LogP contribution in [0.3, 0.4) is 0 Å². The van der Waals surface area contributed by atoms with Gasteiger partial charge in [-0.2, -0.15) is 4.98 Å². The monoisotopic (exact) mass is 345 g/mol. The van der Waals surface area contributed by atoms with Crippen LogP contribution in [0.5, 0.6) is 5.88 Å². The fourth-order valence-electron chi connectivity index (χ4n) is 4.20. The Bertz CT molecular complexity index is 582. The molecule has 138 valence electrons. The van der Waals surface area contributed by atoms with Gasteiger partial charge in [-0.1, -0.05) is 13.8 Å². The smallest absolute Gasteiger partial charge is 0.225 e. The molecule has 1 atom stereocenters. The van der Waals surface area contributed by atoms with Crippen molar-refractivity contribution in [2.24, 2.45) is 17.8 Å². The van der Waals surface area contributed by atoms with Crippen LogP contribution < -0.4 is 4.74 Å². The van der Waals surface area contributed by atoms with Gasteiger partial charge in [0.2, 0.25) is 11.8 Å². The van der Waals surface area contributed by atoms with E-state index in [0.29, 0.717) is 24.2 Å². The summed E-state index contributed by atoms with van der Waals surface area (Å²) in [5.41, 5.74) is 0. The van der Waals surface area contributed by atoms with Crippen molar-refractivity contribution in [1.82, 2.24) is 14.9 Å². The van der Waals surface area contributed by atoms with E-state index in [1.807, 2.05) is 11.8 Å². The van der Waals surface area contributed by atoms with Crippen molar-refractivity contribution in [1.29, 1.82) is 0 Å². The highest BCUT2D eigenvalue weighted by atomic mass is 16.5. The van der Waals surface area contributed by atoms with Gasteiger partial charge in [0.05, 0.1) is 6.54 Å². The molecule has 5 heteroatoms. The first kappa shape index (κ1) is 18.2. The van der Waals surface area contributed by atoms with E-state index < -0.39 is 0 Å². The number of ether oxygens (including phenoxy) is 1. The first-order valence-electron chi connectivity index (χ1n) is 9.78. The molecule has 3 rings (SSSR count). The number of amides is 1.